The summed E-state index contributed by atoms with van der Waals surface area (Å²) < 4.78 is 12.8. The lowest BCUT2D eigenvalue weighted by Gasteiger charge is -2.23. The van der Waals surface area contributed by atoms with Crippen LogP contribution in [0.15, 0.2) is 29.3 Å². The molecule has 0 amide bonds. The fourth-order valence-corrected chi connectivity index (χ4v) is 1.62. The van der Waals surface area contributed by atoms with Crippen molar-refractivity contribution in [2.24, 2.45) is 10.9 Å². The van der Waals surface area contributed by atoms with Gasteiger partial charge in [-0.2, -0.15) is 0 Å². The van der Waals surface area contributed by atoms with Crippen LogP contribution in [-0.2, 0) is 6.54 Å². The number of rotatable bonds is 4. The van der Waals surface area contributed by atoms with Crippen molar-refractivity contribution in [3.05, 3.63) is 35.6 Å². The monoisotopic (exact) mass is 251 g/mol. The molecule has 3 nitrogen and oxygen atoms in total. The molecule has 0 aliphatic heterocycles. The summed E-state index contributed by atoms with van der Waals surface area (Å²) in [6.45, 7) is 5.90. The van der Waals surface area contributed by atoms with Crippen molar-refractivity contribution >= 4 is 5.96 Å². The van der Waals surface area contributed by atoms with Crippen molar-refractivity contribution in [1.82, 2.24) is 10.2 Å². The normalized spacial score (nSPS) is 11.8. The van der Waals surface area contributed by atoms with E-state index in [2.05, 4.69) is 24.2 Å². The van der Waals surface area contributed by atoms with Gasteiger partial charge in [0.25, 0.3) is 0 Å². The summed E-state index contributed by atoms with van der Waals surface area (Å²) >= 11 is 0. The largest absolute Gasteiger partial charge is 0.356 e. The molecule has 0 radical (unpaired) electrons. The van der Waals surface area contributed by atoms with Gasteiger partial charge >= 0.3 is 0 Å². The summed E-state index contributed by atoms with van der Waals surface area (Å²) in [4.78, 5) is 6.25. The topological polar surface area (TPSA) is 27.6 Å². The Bertz CT molecular complexity index is 385. The maximum absolute atomic E-state index is 12.8. The minimum atomic E-state index is -0.205. The molecule has 0 saturated heterocycles. The predicted octanol–water partition coefficient (Wildman–Crippen LogP) is 2.49. The number of hydrogen-bond acceptors (Lipinski definition) is 1. The van der Waals surface area contributed by atoms with E-state index < -0.39 is 0 Å². The van der Waals surface area contributed by atoms with Gasteiger partial charge in [0.1, 0.15) is 5.82 Å². The SMILES string of the molecule is CN=C(NCC(C)C)N(C)Cc1ccc(F)cc1. The van der Waals surface area contributed by atoms with Crippen molar-refractivity contribution < 1.29 is 4.39 Å². The van der Waals surface area contributed by atoms with E-state index in [1.165, 1.54) is 12.1 Å². The Labute approximate surface area is 109 Å². The van der Waals surface area contributed by atoms with E-state index in [0.717, 1.165) is 18.1 Å². The van der Waals surface area contributed by atoms with Crippen LogP contribution in [0.4, 0.5) is 4.39 Å². The van der Waals surface area contributed by atoms with E-state index in [4.69, 9.17) is 0 Å². The zero-order valence-corrected chi connectivity index (χ0v) is 11.6. The second-order valence-electron chi connectivity index (χ2n) is 4.80. The molecule has 4 heteroatoms. The molecule has 0 aromatic heterocycles. The van der Waals surface area contributed by atoms with Crippen LogP contribution < -0.4 is 5.32 Å². The first-order valence-corrected chi connectivity index (χ1v) is 6.19. The zero-order valence-electron chi connectivity index (χ0n) is 11.6. The fourth-order valence-electron chi connectivity index (χ4n) is 1.62. The fraction of sp³-hybridized carbons (Fsp3) is 0.500. The molecule has 1 N–H and O–H groups in total. The molecule has 1 rings (SSSR count). The smallest absolute Gasteiger partial charge is 0.193 e. The summed E-state index contributed by atoms with van der Waals surface area (Å²) in [5, 5.41) is 3.30. The Kier molecular flexibility index (Phi) is 5.62. The van der Waals surface area contributed by atoms with E-state index in [0.29, 0.717) is 12.5 Å². The first kappa shape index (κ1) is 14.5. The van der Waals surface area contributed by atoms with Crippen molar-refractivity contribution in [3.63, 3.8) is 0 Å². The summed E-state index contributed by atoms with van der Waals surface area (Å²) in [6, 6.07) is 6.55. The molecule has 1 aromatic carbocycles. The average Bonchev–Trinajstić information content (AvgIpc) is 2.32. The highest BCUT2D eigenvalue weighted by Crippen LogP contribution is 2.05. The van der Waals surface area contributed by atoms with Crippen LogP contribution in [0.5, 0.6) is 0 Å². The van der Waals surface area contributed by atoms with Gasteiger partial charge in [-0.1, -0.05) is 26.0 Å². The number of guanidine groups is 1. The number of benzene rings is 1. The summed E-state index contributed by atoms with van der Waals surface area (Å²) in [7, 11) is 3.74. The Morgan fingerprint density at radius 2 is 1.94 bits per heavy atom. The van der Waals surface area contributed by atoms with Crippen molar-refractivity contribution in [2.45, 2.75) is 20.4 Å². The lowest BCUT2D eigenvalue weighted by atomic mass is 10.2. The third kappa shape index (κ3) is 4.73. The lowest BCUT2D eigenvalue weighted by Crippen LogP contribution is -2.40. The number of nitrogens with one attached hydrogen (secondary N) is 1. The standard InChI is InChI=1S/C14H22FN3/c1-11(2)9-17-14(16-3)18(4)10-12-5-7-13(15)8-6-12/h5-8,11H,9-10H2,1-4H3,(H,16,17). The molecule has 0 bridgehead atoms. The molecule has 0 spiro atoms. The molecule has 0 saturated carbocycles. The van der Waals surface area contributed by atoms with E-state index in [9.17, 15) is 4.39 Å². The highest BCUT2D eigenvalue weighted by atomic mass is 19.1. The molecule has 0 unspecified atom stereocenters. The first-order chi connectivity index (χ1) is 8.52. The van der Waals surface area contributed by atoms with Crippen LogP contribution in [0.2, 0.25) is 0 Å². The molecule has 0 fully saturated rings. The Morgan fingerprint density at radius 1 is 1.33 bits per heavy atom. The average molecular weight is 251 g/mol. The highest BCUT2D eigenvalue weighted by molar-refractivity contribution is 5.79. The quantitative estimate of drug-likeness (QED) is 0.657. The van der Waals surface area contributed by atoms with E-state index in [1.807, 2.05) is 11.9 Å². The van der Waals surface area contributed by atoms with Crippen LogP contribution >= 0.6 is 0 Å². The predicted molar refractivity (Wildman–Crippen MR) is 74.1 cm³/mol. The Morgan fingerprint density at radius 3 is 2.44 bits per heavy atom. The number of nitrogens with zero attached hydrogens (tertiary/aromatic N) is 2. The van der Waals surface area contributed by atoms with E-state index >= 15 is 0 Å². The highest BCUT2D eigenvalue weighted by Gasteiger charge is 2.06. The van der Waals surface area contributed by atoms with Gasteiger partial charge in [-0.05, 0) is 23.6 Å². The molecule has 0 heterocycles. The van der Waals surface area contributed by atoms with Crippen LogP contribution in [-0.4, -0.2) is 31.5 Å². The molecule has 1 aromatic rings. The van der Waals surface area contributed by atoms with Crippen LogP contribution in [0.1, 0.15) is 19.4 Å². The maximum atomic E-state index is 12.8. The third-order valence-electron chi connectivity index (χ3n) is 2.57. The van der Waals surface area contributed by atoms with Crippen molar-refractivity contribution in [3.8, 4) is 0 Å². The molecule has 0 aliphatic rings. The van der Waals surface area contributed by atoms with Gasteiger partial charge in [-0.25, -0.2) is 4.39 Å². The van der Waals surface area contributed by atoms with Crippen LogP contribution in [0.25, 0.3) is 0 Å². The van der Waals surface area contributed by atoms with Gasteiger partial charge in [0, 0.05) is 27.2 Å². The number of hydrogen-bond donors (Lipinski definition) is 1. The minimum absolute atomic E-state index is 0.205. The molecular weight excluding hydrogens is 229 g/mol. The van der Waals surface area contributed by atoms with Gasteiger partial charge in [0.15, 0.2) is 5.96 Å². The summed E-state index contributed by atoms with van der Waals surface area (Å²) in [5.74, 6) is 1.22. The Balaban J connectivity index is 2.57. The van der Waals surface area contributed by atoms with Gasteiger partial charge in [-0.15, -0.1) is 0 Å². The maximum Gasteiger partial charge on any atom is 0.193 e. The van der Waals surface area contributed by atoms with Gasteiger partial charge in [0.05, 0.1) is 0 Å². The van der Waals surface area contributed by atoms with Crippen LogP contribution in [0.3, 0.4) is 0 Å². The zero-order chi connectivity index (χ0) is 13.5. The minimum Gasteiger partial charge on any atom is -0.356 e. The third-order valence-corrected chi connectivity index (χ3v) is 2.57. The van der Waals surface area contributed by atoms with Gasteiger partial charge < -0.3 is 10.2 Å². The van der Waals surface area contributed by atoms with E-state index in [-0.39, 0.29) is 5.82 Å². The first-order valence-electron chi connectivity index (χ1n) is 6.19. The molecular formula is C14H22FN3. The lowest BCUT2D eigenvalue weighted by molar-refractivity contribution is 0.467. The molecule has 18 heavy (non-hydrogen) atoms. The Hall–Kier alpha value is -1.58. The van der Waals surface area contributed by atoms with Gasteiger partial charge in [0.2, 0.25) is 0 Å². The summed E-state index contributed by atoms with van der Waals surface area (Å²) in [5.41, 5.74) is 1.06. The second-order valence-corrected chi connectivity index (χ2v) is 4.80. The van der Waals surface area contributed by atoms with Crippen molar-refractivity contribution in [1.29, 1.82) is 0 Å². The second kappa shape index (κ2) is 6.99. The molecule has 100 valence electrons. The summed E-state index contributed by atoms with van der Waals surface area (Å²) in [6.07, 6.45) is 0. The molecule has 0 aliphatic carbocycles. The number of halogens is 1. The van der Waals surface area contributed by atoms with Crippen molar-refractivity contribution in [2.75, 3.05) is 20.6 Å². The van der Waals surface area contributed by atoms with E-state index in [1.54, 1.807) is 19.2 Å². The van der Waals surface area contributed by atoms with Crippen LogP contribution in [0, 0.1) is 11.7 Å². The molecule has 0 atom stereocenters. The number of aliphatic imine (C=N–C) groups is 1. The van der Waals surface area contributed by atoms with Gasteiger partial charge in [-0.3, -0.25) is 4.99 Å².